The van der Waals surface area contributed by atoms with Crippen LogP contribution in [0.15, 0.2) is 47.7 Å². The number of thiazole rings is 1. The third kappa shape index (κ3) is 4.45. The summed E-state index contributed by atoms with van der Waals surface area (Å²) in [4.78, 5) is 10.1. The van der Waals surface area contributed by atoms with Crippen molar-refractivity contribution in [1.29, 1.82) is 0 Å². The Morgan fingerprint density at radius 3 is 2.72 bits per heavy atom. The van der Waals surface area contributed by atoms with Crippen LogP contribution >= 0.6 is 11.3 Å². The molecule has 0 fully saturated rings. The summed E-state index contributed by atoms with van der Waals surface area (Å²) in [7, 11) is 1.77. The summed E-state index contributed by atoms with van der Waals surface area (Å²) in [6, 6.07) is 10.2. The molecule has 0 saturated carbocycles. The molecule has 0 spiro atoms. The van der Waals surface area contributed by atoms with Crippen molar-refractivity contribution in [2.24, 2.45) is 4.99 Å². The first-order valence-corrected chi connectivity index (χ1v) is 8.94. The highest BCUT2D eigenvalue weighted by atomic mass is 32.1. The fraction of sp³-hybridized carbons (Fsp3) is 0.278. The minimum absolute atomic E-state index is 0.673. The van der Waals surface area contributed by atoms with Crippen LogP contribution < -0.4 is 10.6 Å². The van der Waals surface area contributed by atoms with E-state index in [1.807, 2.05) is 36.0 Å². The van der Waals surface area contributed by atoms with Crippen LogP contribution in [0.2, 0.25) is 0 Å². The Morgan fingerprint density at radius 1 is 1.20 bits per heavy atom. The number of benzene rings is 1. The second kappa shape index (κ2) is 7.94. The SMILES string of the molecule is CN=C(NCc1cccc(-n2cccn2)c1)NCc1nc(C)c(C)s1. The number of hydrogen-bond acceptors (Lipinski definition) is 4. The van der Waals surface area contributed by atoms with Crippen molar-refractivity contribution in [2.75, 3.05) is 7.05 Å². The number of hydrogen-bond donors (Lipinski definition) is 2. The van der Waals surface area contributed by atoms with E-state index in [0.717, 1.165) is 27.9 Å². The predicted octanol–water partition coefficient (Wildman–Crippen LogP) is 2.81. The third-order valence-corrected chi connectivity index (χ3v) is 4.92. The van der Waals surface area contributed by atoms with E-state index in [1.54, 1.807) is 24.6 Å². The Morgan fingerprint density at radius 2 is 2.04 bits per heavy atom. The molecule has 0 amide bonds. The molecular formula is C18H22N6S. The largest absolute Gasteiger partial charge is 0.352 e. The van der Waals surface area contributed by atoms with Crippen LogP contribution in [0.3, 0.4) is 0 Å². The summed E-state index contributed by atoms with van der Waals surface area (Å²) >= 11 is 1.72. The van der Waals surface area contributed by atoms with Gasteiger partial charge in [-0.25, -0.2) is 9.67 Å². The molecule has 1 aromatic carbocycles. The summed E-state index contributed by atoms with van der Waals surface area (Å²) in [5.41, 5.74) is 3.30. The van der Waals surface area contributed by atoms with Gasteiger partial charge in [0.25, 0.3) is 0 Å². The molecule has 0 unspecified atom stereocenters. The Hall–Kier alpha value is -2.67. The minimum Gasteiger partial charge on any atom is -0.352 e. The maximum absolute atomic E-state index is 4.54. The summed E-state index contributed by atoms with van der Waals surface area (Å²) in [5, 5.41) is 12.0. The first kappa shape index (κ1) is 17.2. The minimum atomic E-state index is 0.673. The van der Waals surface area contributed by atoms with Gasteiger partial charge < -0.3 is 10.6 Å². The van der Waals surface area contributed by atoms with E-state index >= 15 is 0 Å². The number of aromatic nitrogens is 3. The first-order valence-electron chi connectivity index (χ1n) is 8.12. The Balaban J connectivity index is 1.57. The van der Waals surface area contributed by atoms with Crippen LogP contribution in [0.25, 0.3) is 5.69 Å². The van der Waals surface area contributed by atoms with Gasteiger partial charge in [0.05, 0.1) is 17.9 Å². The van der Waals surface area contributed by atoms with E-state index in [0.29, 0.717) is 13.1 Å². The van der Waals surface area contributed by atoms with Crippen molar-refractivity contribution in [1.82, 2.24) is 25.4 Å². The summed E-state index contributed by atoms with van der Waals surface area (Å²) in [5.74, 6) is 0.759. The standard InChI is InChI=1S/C18H22N6S/c1-13-14(2)25-17(23-13)12-21-18(19-3)20-11-15-6-4-7-16(10-15)24-9-5-8-22-24/h4-10H,11-12H2,1-3H3,(H2,19,20,21). The number of rotatable bonds is 5. The number of aryl methyl sites for hydroxylation is 2. The van der Waals surface area contributed by atoms with Crippen LogP contribution in [0.1, 0.15) is 21.1 Å². The van der Waals surface area contributed by atoms with Crippen molar-refractivity contribution in [3.63, 3.8) is 0 Å². The van der Waals surface area contributed by atoms with Crippen LogP contribution in [0.5, 0.6) is 0 Å². The van der Waals surface area contributed by atoms with Gasteiger partial charge in [-0.2, -0.15) is 5.10 Å². The molecule has 0 aliphatic rings. The van der Waals surface area contributed by atoms with E-state index in [9.17, 15) is 0 Å². The molecule has 25 heavy (non-hydrogen) atoms. The molecule has 0 radical (unpaired) electrons. The predicted molar refractivity (Wildman–Crippen MR) is 102 cm³/mol. The molecule has 130 valence electrons. The van der Waals surface area contributed by atoms with Gasteiger partial charge in [0.1, 0.15) is 5.01 Å². The maximum atomic E-state index is 4.54. The zero-order valence-corrected chi connectivity index (χ0v) is 15.5. The van der Waals surface area contributed by atoms with Gasteiger partial charge in [-0.05, 0) is 37.6 Å². The average Bonchev–Trinajstić information content (AvgIpc) is 3.26. The Kier molecular flexibility index (Phi) is 5.45. The van der Waals surface area contributed by atoms with E-state index in [4.69, 9.17) is 0 Å². The molecule has 3 rings (SSSR count). The van der Waals surface area contributed by atoms with Crippen LogP contribution in [-0.2, 0) is 13.1 Å². The molecule has 6 nitrogen and oxygen atoms in total. The molecule has 7 heteroatoms. The monoisotopic (exact) mass is 354 g/mol. The van der Waals surface area contributed by atoms with E-state index in [-0.39, 0.29) is 0 Å². The van der Waals surface area contributed by atoms with Crippen molar-refractivity contribution >= 4 is 17.3 Å². The zero-order chi connectivity index (χ0) is 17.6. The van der Waals surface area contributed by atoms with E-state index in [1.165, 1.54) is 4.88 Å². The second-order valence-electron chi connectivity index (χ2n) is 5.65. The van der Waals surface area contributed by atoms with E-state index in [2.05, 4.69) is 44.8 Å². The number of nitrogens with one attached hydrogen (secondary N) is 2. The van der Waals surface area contributed by atoms with Gasteiger partial charge in [-0.15, -0.1) is 11.3 Å². The summed E-state index contributed by atoms with van der Waals surface area (Å²) in [6.45, 7) is 5.49. The first-order chi connectivity index (χ1) is 12.2. The van der Waals surface area contributed by atoms with Crippen molar-refractivity contribution in [2.45, 2.75) is 26.9 Å². The number of guanidine groups is 1. The lowest BCUT2D eigenvalue weighted by atomic mass is 10.2. The van der Waals surface area contributed by atoms with Crippen molar-refractivity contribution in [3.8, 4) is 5.69 Å². The molecular weight excluding hydrogens is 332 g/mol. The average molecular weight is 354 g/mol. The van der Waals surface area contributed by atoms with Gasteiger partial charge >= 0.3 is 0 Å². The molecule has 2 heterocycles. The second-order valence-corrected chi connectivity index (χ2v) is 6.94. The van der Waals surface area contributed by atoms with E-state index < -0.39 is 0 Å². The van der Waals surface area contributed by atoms with Crippen LogP contribution in [-0.4, -0.2) is 27.8 Å². The topological polar surface area (TPSA) is 67.1 Å². The lowest BCUT2D eigenvalue weighted by molar-refractivity contribution is 0.801. The Bertz CT molecular complexity index is 831. The molecule has 2 N–H and O–H groups in total. The molecule has 0 saturated heterocycles. The van der Waals surface area contributed by atoms with Gasteiger partial charge in [0, 0.05) is 30.9 Å². The Labute approximate surface area is 151 Å². The molecule has 3 aromatic rings. The molecule has 0 aliphatic carbocycles. The fourth-order valence-electron chi connectivity index (χ4n) is 2.41. The van der Waals surface area contributed by atoms with Crippen LogP contribution in [0.4, 0.5) is 0 Å². The highest BCUT2D eigenvalue weighted by Gasteiger charge is 2.05. The zero-order valence-electron chi connectivity index (χ0n) is 14.7. The molecule has 2 aromatic heterocycles. The van der Waals surface area contributed by atoms with Crippen molar-refractivity contribution < 1.29 is 0 Å². The van der Waals surface area contributed by atoms with Crippen molar-refractivity contribution in [3.05, 3.63) is 63.9 Å². The lowest BCUT2D eigenvalue weighted by Crippen LogP contribution is -2.36. The van der Waals surface area contributed by atoms with Gasteiger partial charge in [-0.1, -0.05) is 12.1 Å². The molecule has 0 atom stereocenters. The third-order valence-electron chi connectivity index (χ3n) is 3.84. The maximum Gasteiger partial charge on any atom is 0.191 e. The van der Waals surface area contributed by atoms with Gasteiger partial charge in [-0.3, -0.25) is 4.99 Å². The van der Waals surface area contributed by atoms with Crippen LogP contribution in [0, 0.1) is 13.8 Å². The molecule has 0 aliphatic heterocycles. The number of nitrogens with zero attached hydrogens (tertiary/aromatic N) is 4. The normalized spacial score (nSPS) is 11.6. The van der Waals surface area contributed by atoms with Gasteiger partial charge in [0.2, 0.25) is 0 Å². The number of aliphatic imine (C=N–C) groups is 1. The lowest BCUT2D eigenvalue weighted by Gasteiger charge is -2.11. The smallest absolute Gasteiger partial charge is 0.191 e. The highest BCUT2D eigenvalue weighted by molar-refractivity contribution is 7.11. The quantitative estimate of drug-likeness (QED) is 0.546. The summed E-state index contributed by atoms with van der Waals surface area (Å²) in [6.07, 6.45) is 3.71. The van der Waals surface area contributed by atoms with Gasteiger partial charge in [0.15, 0.2) is 5.96 Å². The fourth-order valence-corrected chi connectivity index (χ4v) is 3.28. The highest BCUT2D eigenvalue weighted by Crippen LogP contribution is 2.16. The molecule has 0 bridgehead atoms. The summed E-state index contributed by atoms with van der Waals surface area (Å²) < 4.78 is 1.85.